The second-order valence-corrected chi connectivity index (χ2v) is 6.66. The minimum Gasteiger partial charge on any atom is -0.383 e. The van der Waals surface area contributed by atoms with Crippen molar-refractivity contribution in [2.45, 2.75) is 33.0 Å². The maximum Gasteiger partial charge on any atom is 0.315 e. The lowest BCUT2D eigenvalue weighted by atomic mass is 10.1. The fourth-order valence-electron chi connectivity index (χ4n) is 3.13. The number of hydrogen-bond acceptors (Lipinski definition) is 4. The molecule has 0 aliphatic carbocycles. The fraction of sp³-hybridized carbons (Fsp3) is 0.632. The van der Waals surface area contributed by atoms with Crippen LogP contribution in [-0.2, 0) is 17.8 Å². The predicted molar refractivity (Wildman–Crippen MR) is 101 cm³/mol. The van der Waals surface area contributed by atoms with Crippen molar-refractivity contribution in [1.82, 2.24) is 20.4 Å². The number of amides is 2. The first-order valence-electron chi connectivity index (χ1n) is 9.17. The molecule has 1 aromatic carbocycles. The summed E-state index contributed by atoms with van der Waals surface area (Å²) in [6.07, 6.45) is 0. The van der Waals surface area contributed by atoms with Crippen molar-refractivity contribution in [2.24, 2.45) is 0 Å². The van der Waals surface area contributed by atoms with Crippen LogP contribution < -0.4 is 10.6 Å². The maximum absolute atomic E-state index is 12.0. The molecule has 0 bridgehead atoms. The van der Waals surface area contributed by atoms with Crippen molar-refractivity contribution in [3.8, 4) is 0 Å². The molecule has 1 aliphatic rings. The Bertz CT molecular complexity index is 530. The van der Waals surface area contributed by atoms with Crippen molar-refractivity contribution in [3.05, 3.63) is 35.4 Å². The van der Waals surface area contributed by atoms with Crippen molar-refractivity contribution in [1.29, 1.82) is 0 Å². The highest BCUT2D eigenvalue weighted by molar-refractivity contribution is 5.74. The largest absolute Gasteiger partial charge is 0.383 e. The Balaban J connectivity index is 1.84. The number of hydrogen-bond donors (Lipinski definition) is 2. The first-order valence-corrected chi connectivity index (χ1v) is 9.17. The highest BCUT2D eigenvalue weighted by atomic mass is 16.5. The number of urea groups is 1. The van der Waals surface area contributed by atoms with E-state index in [0.717, 1.165) is 39.3 Å². The fourth-order valence-corrected chi connectivity index (χ4v) is 3.13. The number of ether oxygens (including phenoxy) is 1. The van der Waals surface area contributed by atoms with Crippen molar-refractivity contribution >= 4 is 6.03 Å². The molecule has 25 heavy (non-hydrogen) atoms. The molecule has 6 nitrogen and oxygen atoms in total. The summed E-state index contributed by atoms with van der Waals surface area (Å²) < 4.78 is 5.04. The number of methoxy groups -OCH3 is 1. The molecule has 0 radical (unpaired) electrons. The summed E-state index contributed by atoms with van der Waals surface area (Å²) >= 11 is 0. The molecule has 1 heterocycles. The summed E-state index contributed by atoms with van der Waals surface area (Å²) in [5.41, 5.74) is 2.47. The highest BCUT2D eigenvalue weighted by Crippen LogP contribution is 2.13. The van der Waals surface area contributed by atoms with Crippen molar-refractivity contribution < 1.29 is 9.53 Å². The molecule has 1 aliphatic heterocycles. The van der Waals surface area contributed by atoms with Crippen LogP contribution in [0.5, 0.6) is 0 Å². The molecular weight excluding hydrogens is 316 g/mol. The Hall–Kier alpha value is -1.63. The normalized spacial score (nSPS) is 17.2. The Kier molecular flexibility index (Phi) is 8.18. The summed E-state index contributed by atoms with van der Waals surface area (Å²) in [6, 6.07) is 8.19. The molecule has 1 atom stereocenters. The third kappa shape index (κ3) is 6.65. The van der Waals surface area contributed by atoms with Crippen LogP contribution in [0.4, 0.5) is 4.79 Å². The van der Waals surface area contributed by atoms with Gasteiger partial charge < -0.3 is 20.3 Å². The van der Waals surface area contributed by atoms with Gasteiger partial charge >= 0.3 is 6.03 Å². The van der Waals surface area contributed by atoms with Crippen LogP contribution in [0, 0.1) is 0 Å². The molecule has 0 spiro atoms. The Morgan fingerprint density at radius 3 is 2.44 bits per heavy atom. The molecule has 1 unspecified atom stereocenters. The van der Waals surface area contributed by atoms with Gasteiger partial charge in [0.15, 0.2) is 0 Å². The predicted octanol–water partition coefficient (Wildman–Crippen LogP) is 1.66. The molecule has 2 N–H and O–H groups in total. The van der Waals surface area contributed by atoms with E-state index in [2.05, 4.69) is 45.6 Å². The summed E-state index contributed by atoms with van der Waals surface area (Å²) in [5.74, 6) is 0. The quantitative estimate of drug-likeness (QED) is 0.750. The molecule has 1 fully saturated rings. The number of nitrogens with zero attached hydrogens (tertiary/aromatic N) is 2. The van der Waals surface area contributed by atoms with E-state index in [0.29, 0.717) is 13.2 Å². The zero-order valence-corrected chi connectivity index (χ0v) is 15.8. The average molecular weight is 348 g/mol. The average Bonchev–Trinajstić information content (AvgIpc) is 2.62. The number of nitrogens with one attached hydrogen (secondary N) is 2. The molecule has 6 heteroatoms. The molecule has 0 saturated carbocycles. The Labute approximate surface area is 151 Å². The van der Waals surface area contributed by atoms with Gasteiger partial charge in [0.2, 0.25) is 0 Å². The first kappa shape index (κ1) is 19.7. The second kappa shape index (κ2) is 10.4. The number of piperazine rings is 1. The summed E-state index contributed by atoms with van der Waals surface area (Å²) in [5, 5.41) is 5.82. The number of rotatable bonds is 8. The van der Waals surface area contributed by atoms with Crippen LogP contribution in [0.3, 0.4) is 0 Å². The van der Waals surface area contributed by atoms with Crippen molar-refractivity contribution in [3.63, 3.8) is 0 Å². The second-order valence-electron chi connectivity index (χ2n) is 6.66. The minimum atomic E-state index is -0.157. The van der Waals surface area contributed by atoms with Gasteiger partial charge in [-0.15, -0.1) is 0 Å². The van der Waals surface area contributed by atoms with Gasteiger partial charge in [-0.25, -0.2) is 4.79 Å². The standard InChI is InChI=1S/C19H32N4O2/c1-4-22-9-11-23(12-10-22)14-18-8-6-5-7-17(18)13-20-19(24)21-16(2)15-25-3/h5-8,16H,4,9-15H2,1-3H3,(H2,20,21,24). The third-order valence-corrected chi connectivity index (χ3v) is 4.66. The Morgan fingerprint density at radius 2 is 1.80 bits per heavy atom. The van der Waals surface area contributed by atoms with E-state index < -0.39 is 0 Å². The Morgan fingerprint density at radius 1 is 1.16 bits per heavy atom. The molecule has 1 aromatic rings. The van der Waals surface area contributed by atoms with Crippen LogP contribution in [0.2, 0.25) is 0 Å². The van der Waals surface area contributed by atoms with E-state index >= 15 is 0 Å². The molecular formula is C19H32N4O2. The van der Waals surface area contributed by atoms with Crippen molar-refractivity contribution in [2.75, 3.05) is 46.4 Å². The van der Waals surface area contributed by atoms with E-state index in [1.165, 1.54) is 11.1 Å². The number of carbonyl (C=O) groups excluding carboxylic acids is 1. The van der Waals surface area contributed by atoms with Gasteiger partial charge in [0, 0.05) is 46.4 Å². The summed E-state index contributed by atoms with van der Waals surface area (Å²) in [6.45, 7) is 11.7. The van der Waals surface area contributed by atoms with Crippen LogP contribution in [0.25, 0.3) is 0 Å². The van der Waals surface area contributed by atoms with Crippen LogP contribution in [0.1, 0.15) is 25.0 Å². The smallest absolute Gasteiger partial charge is 0.315 e. The molecule has 2 rings (SSSR count). The summed E-state index contributed by atoms with van der Waals surface area (Å²) in [4.78, 5) is 17.0. The lowest BCUT2D eigenvalue weighted by Crippen LogP contribution is -2.45. The zero-order valence-electron chi connectivity index (χ0n) is 15.8. The van der Waals surface area contributed by atoms with Gasteiger partial charge in [-0.3, -0.25) is 4.90 Å². The van der Waals surface area contributed by atoms with Crippen LogP contribution in [0.15, 0.2) is 24.3 Å². The SMILES string of the molecule is CCN1CCN(Cc2ccccc2CNC(=O)NC(C)COC)CC1. The third-order valence-electron chi connectivity index (χ3n) is 4.66. The van der Waals surface area contributed by atoms with Gasteiger partial charge in [-0.05, 0) is 24.6 Å². The summed E-state index contributed by atoms with van der Waals surface area (Å²) in [7, 11) is 1.63. The molecule has 140 valence electrons. The lowest BCUT2D eigenvalue weighted by Gasteiger charge is -2.34. The zero-order chi connectivity index (χ0) is 18.1. The lowest BCUT2D eigenvalue weighted by molar-refractivity contribution is 0.131. The molecule has 0 aromatic heterocycles. The van der Waals surface area contributed by atoms with Gasteiger partial charge in [-0.2, -0.15) is 0 Å². The van der Waals surface area contributed by atoms with E-state index in [4.69, 9.17) is 4.74 Å². The van der Waals surface area contributed by atoms with Crippen LogP contribution >= 0.6 is 0 Å². The minimum absolute atomic E-state index is 0.00453. The number of benzene rings is 1. The van der Waals surface area contributed by atoms with Crippen LogP contribution in [-0.4, -0.2) is 68.3 Å². The number of likely N-dealkylation sites (N-methyl/N-ethyl adjacent to an activating group) is 1. The molecule has 1 saturated heterocycles. The first-order chi connectivity index (χ1) is 12.1. The van der Waals surface area contributed by atoms with Gasteiger partial charge in [0.05, 0.1) is 12.6 Å². The van der Waals surface area contributed by atoms with E-state index in [9.17, 15) is 4.79 Å². The van der Waals surface area contributed by atoms with Gasteiger partial charge in [-0.1, -0.05) is 31.2 Å². The number of carbonyl (C=O) groups is 1. The maximum atomic E-state index is 12.0. The van der Waals surface area contributed by atoms with Gasteiger partial charge in [0.25, 0.3) is 0 Å². The van der Waals surface area contributed by atoms with E-state index in [1.54, 1.807) is 7.11 Å². The topological polar surface area (TPSA) is 56.8 Å². The monoisotopic (exact) mass is 348 g/mol. The highest BCUT2D eigenvalue weighted by Gasteiger charge is 2.16. The van der Waals surface area contributed by atoms with E-state index in [-0.39, 0.29) is 12.1 Å². The molecule has 2 amide bonds. The van der Waals surface area contributed by atoms with E-state index in [1.807, 2.05) is 13.0 Å². The van der Waals surface area contributed by atoms with Gasteiger partial charge in [0.1, 0.15) is 0 Å².